The average Bonchev–Trinajstić information content (AvgIpc) is 2.61. The van der Waals surface area contributed by atoms with Crippen molar-refractivity contribution >= 4 is 27.5 Å². The molecule has 0 spiro atoms. The van der Waals surface area contributed by atoms with Gasteiger partial charge in [-0.2, -0.15) is 0 Å². The Morgan fingerprint density at radius 3 is 2.44 bits per heavy atom. The minimum atomic E-state index is 0.300. The molecular weight excluding hydrogens is 288 g/mol. The maximum Gasteiger partial charge on any atom is 0.141 e. The SMILES string of the molecule is CC(C)n1c(Cl)cnc1-c1ccc(Br)cc1. The predicted octanol–water partition coefficient (Wildman–Crippen LogP) is 4.55. The number of benzene rings is 1. The van der Waals surface area contributed by atoms with Crippen molar-refractivity contribution in [3.05, 3.63) is 40.1 Å². The number of rotatable bonds is 2. The molecule has 1 heterocycles. The molecule has 0 bridgehead atoms. The van der Waals surface area contributed by atoms with Crippen molar-refractivity contribution in [1.82, 2.24) is 9.55 Å². The van der Waals surface area contributed by atoms with Crippen molar-refractivity contribution in [2.45, 2.75) is 19.9 Å². The lowest BCUT2D eigenvalue weighted by molar-refractivity contribution is 0.607. The van der Waals surface area contributed by atoms with Crippen molar-refractivity contribution in [1.29, 1.82) is 0 Å². The highest BCUT2D eigenvalue weighted by molar-refractivity contribution is 9.10. The van der Waals surface area contributed by atoms with Gasteiger partial charge in [0.2, 0.25) is 0 Å². The van der Waals surface area contributed by atoms with Gasteiger partial charge in [-0.15, -0.1) is 0 Å². The van der Waals surface area contributed by atoms with Gasteiger partial charge in [0.25, 0.3) is 0 Å². The molecule has 0 aliphatic heterocycles. The van der Waals surface area contributed by atoms with Crippen LogP contribution in [0, 0.1) is 0 Å². The molecule has 0 saturated heterocycles. The Labute approximate surface area is 108 Å². The molecule has 0 unspecified atom stereocenters. The monoisotopic (exact) mass is 298 g/mol. The van der Waals surface area contributed by atoms with Crippen molar-refractivity contribution in [2.75, 3.05) is 0 Å². The van der Waals surface area contributed by atoms with E-state index in [1.807, 2.05) is 28.8 Å². The predicted molar refractivity (Wildman–Crippen MR) is 70.8 cm³/mol. The van der Waals surface area contributed by atoms with E-state index in [1.54, 1.807) is 6.20 Å². The minimum Gasteiger partial charge on any atom is -0.313 e. The van der Waals surface area contributed by atoms with E-state index < -0.39 is 0 Å². The fourth-order valence-electron chi connectivity index (χ4n) is 1.64. The molecule has 2 aromatic rings. The van der Waals surface area contributed by atoms with Gasteiger partial charge < -0.3 is 4.57 Å². The normalized spacial score (nSPS) is 11.1. The van der Waals surface area contributed by atoms with Gasteiger partial charge in [-0.05, 0) is 26.0 Å². The van der Waals surface area contributed by atoms with Gasteiger partial charge in [-0.3, -0.25) is 0 Å². The third kappa shape index (κ3) is 2.15. The van der Waals surface area contributed by atoms with E-state index in [-0.39, 0.29) is 0 Å². The number of aromatic nitrogens is 2. The second kappa shape index (κ2) is 4.60. The highest BCUT2D eigenvalue weighted by Gasteiger charge is 2.12. The molecule has 1 aromatic carbocycles. The number of nitrogens with zero attached hydrogens (tertiary/aromatic N) is 2. The number of halogens is 2. The first-order valence-corrected chi connectivity index (χ1v) is 6.25. The van der Waals surface area contributed by atoms with E-state index in [0.29, 0.717) is 11.2 Å². The number of hydrogen-bond donors (Lipinski definition) is 0. The lowest BCUT2D eigenvalue weighted by atomic mass is 10.2. The molecule has 0 aliphatic carbocycles. The molecule has 0 fully saturated rings. The highest BCUT2D eigenvalue weighted by Crippen LogP contribution is 2.27. The molecule has 0 saturated carbocycles. The van der Waals surface area contributed by atoms with Crippen LogP contribution in [0.25, 0.3) is 11.4 Å². The van der Waals surface area contributed by atoms with Crippen LogP contribution < -0.4 is 0 Å². The minimum absolute atomic E-state index is 0.300. The molecule has 0 N–H and O–H groups in total. The van der Waals surface area contributed by atoms with Crippen LogP contribution in [-0.4, -0.2) is 9.55 Å². The zero-order valence-corrected chi connectivity index (χ0v) is 11.5. The van der Waals surface area contributed by atoms with Gasteiger partial charge in [0, 0.05) is 16.1 Å². The summed E-state index contributed by atoms with van der Waals surface area (Å²) in [6.07, 6.45) is 1.69. The molecule has 2 rings (SSSR count). The molecule has 84 valence electrons. The van der Waals surface area contributed by atoms with Gasteiger partial charge in [0.05, 0.1) is 6.20 Å². The summed E-state index contributed by atoms with van der Waals surface area (Å²) >= 11 is 9.53. The van der Waals surface area contributed by atoms with Crippen LogP contribution in [0.2, 0.25) is 5.15 Å². The van der Waals surface area contributed by atoms with Crippen LogP contribution in [0.1, 0.15) is 19.9 Å². The molecule has 0 aliphatic rings. The van der Waals surface area contributed by atoms with E-state index in [0.717, 1.165) is 15.9 Å². The van der Waals surface area contributed by atoms with Crippen LogP contribution in [0.5, 0.6) is 0 Å². The first-order chi connectivity index (χ1) is 7.59. The van der Waals surface area contributed by atoms with E-state index in [9.17, 15) is 0 Å². The van der Waals surface area contributed by atoms with Gasteiger partial charge >= 0.3 is 0 Å². The van der Waals surface area contributed by atoms with Crippen molar-refractivity contribution in [2.24, 2.45) is 0 Å². The molecule has 1 aromatic heterocycles. The molecule has 16 heavy (non-hydrogen) atoms. The third-order valence-corrected chi connectivity index (χ3v) is 3.18. The van der Waals surface area contributed by atoms with E-state index in [4.69, 9.17) is 11.6 Å². The maximum absolute atomic E-state index is 6.11. The summed E-state index contributed by atoms with van der Waals surface area (Å²) in [4.78, 5) is 4.35. The maximum atomic E-state index is 6.11. The average molecular weight is 300 g/mol. The first-order valence-electron chi connectivity index (χ1n) is 5.08. The fourth-order valence-corrected chi connectivity index (χ4v) is 2.23. The molecule has 0 radical (unpaired) electrons. The highest BCUT2D eigenvalue weighted by atomic mass is 79.9. The van der Waals surface area contributed by atoms with Gasteiger partial charge in [0.1, 0.15) is 11.0 Å². The molecule has 0 atom stereocenters. The quantitative estimate of drug-likeness (QED) is 0.795. The Hall–Kier alpha value is -0.800. The number of hydrogen-bond acceptors (Lipinski definition) is 1. The van der Waals surface area contributed by atoms with Gasteiger partial charge in [-0.1, -0.05) is 39.7 Å². The van der Waals surface area contributed by atoms with Crippen LogP contribution in [-0.2, 0) is 0 Å². The van der Waals surface area contributed by atoms with Crippen molar-refractivity contribution < 1.29 is 0 Å². The Balaban J connectivity index is 2.52. The van der Waals surface area contributed by atoms with E-state index >= 15 is 0 Å². The lowest BCUT2D eigenvalue weighted by Crippen LogP contribution is -2.03. The molecule has 2 nitrogen and oxygen atoms in total. The Kier molecular flexibility index (Phi) is 3.36. The second-order valence-corrected chi connectivity index (χ2v) is 5.18. The summed E-state index contributed by atoms with van der Waals surface area (Å²) in [6, 6.07) is 8.36. The summed E-state index contributed by atoms with van der Waals surface area (Å²) in [5, 5.41) is 0.674. The topological polar surface area (TPSA) is 17.8 Å². The number of imidazole rings is 1. The second-order valence-electron chi connectivity index (χ2n) is 3.88. The third-order valence-electron chi connectivity index (χ3n) is 2.37. The Bertz CT molecular complexity index is 488. The van der Waals surface area contributed by atoms with Gasteiger partial charge in [-0.25, -0.2) is 4.98 Å². The van der Waals surface area contributed by atoms with Crippen LogP contribution >= 0.6 is 27.5 Å². The van der Waals surface area contributed by atoms with E-state index in [2.05, 4.69) is 34.8 Å². The summed E-state index contributed by atoms with van der Waals surface area (Å²) in [6.45, 7) is 4.19. The summed E-state index contributed by atoms with van der Waals surface area (Å²) < 4.78 is 3.08. The smallest absolute Gasteiger partial charge is 0.141 e. The summed E-state index contributed by atoms with van der Waals surface area (Å²) in [5.41, 5.74) is 1.07. The van der Waals surface area contributed by atoms with E-state index in [1.165, 1.54) is 0 Å². The zero-order chi connectivity index (χ0) is 11.7. The standard InChI is InChI=1S/C12H12BrClN2/c1-8(2)16-11(14)7-15-12(16)9-3-5-10(13)6-4-9/h3-8H,1-2H3. The molecule has 4 heteroatoms. The molecule has 0 amide bonds. The van der Waals surface area contributed by atoms with Gasteiger partial charge in [0.15, 0.2) is 0 Å². The fraction of sp³-hybridized carbons (Fsp3) is 0.250. The molecular formula is C12H12BrClN2. The van der Waals surface area contributed by atoms with Crippen molar-refractivity contribution in [3.8, 4) is 11.4 Å². The lowest BCUT2D eigenvalue weighted by Gasteiger charge is -2.12. The largest absolute Gasteiger partial charge is 0.313 e. The Morgan fingerprint density at radius 1 is 1.25 bits per heavy atom. The zero-order valence-electron chi connectivity index (χ0n) is 9.11. The Morgan fingerprint density at radius 2 is 1.88 bits per heavy atom. The van der Waals surface area contributed by atoms with Crippen LogP contribution in [0.4, 0.5) is 0 Å². The summed E-state index contributed by atoms with van der Waals surface area (Å²) in [7, 11) is 0. The van der Waals surface area contributed by atoms with Crippen LogP contribution in [0.3, 0.4) is 0 Å². The van der Waals surface area contributed by atoms with Crippen molar-refractivity contribution in [3.63, 3.8) is 0 Å². The first kappa shape index (κ1) is 11.7. The van der Waals surface area contributed by atoms with Crippen LogP contribution in [0.15, 0.2) is 34.9 Å². The summed E-state index contributed by atoms with van der Waals surface area (Å²) in [5.74, 6) is 0.910.